The average Bonchev–Trinajstić information content (AvgIpc) is 2.36. The van der Waals surface area contributed by atoms with Crippen LogP contribution in [0.1, 0.15) is 47.2 Å². The number of benzene rings is 1. The van der Waals surface area contributed by atoms with Gasteiger partial charge in [0.1, 0.15) is 0 Å². The maximum Gasteiger partial charge on any atom is 0.251 e. The van der Waals surface area contributed by atoms with E-state index >= 15 is 0 Å². The van der Waals surface area contributed by atoms with Gasteiger partial charge >= 0.3 is 0 Å². The van der Waals surface area contributed by atoms with Crippen molar-refractivity contribution in [3.05, 3.63) is 34.9 Å². The first-order chi connectivity index (χ1) is 9.08. The van der Waals surface area contributed by atoms with Crippen LogP contribution in [0.15, 0.2) is 18.2 Å². The quantitative estimate of drug-likeness (QED) is 0.901. The second-order valence-electron chi connectivity index (χ2n) is 5.77. The molecule has 1 amide bonds. The maximum atomic E-state index is 12.3. The fourth-order valence-corrected chi connectivity index (χ4v) is 3.02. The van der Waals surface area contributed by atoms with Gasteiger partial charge in [-0.25, -0.2) is 0 Å². The van der Waals surface area contributed by atoms with Gasteiger partial charge in [0.25, 0.3) is 5.91 Å². The second kappa shape index (κ2) is 7.65. The zero-order chi connectivity index (χ0) is 13.8. The highest BCUT2D eigenvalue weighted by molar-refractivity contribution is 5.97. The SMILES string of the molecule is Cc1cccc(C)c1C(=O)NCC1CCCC(N)C1.Cl. The molecule has 1 aromatic carbocycles. The molecule has 0 aliphatic heterocycles. The number of nitrogens with one attached hydrogen (secondary N) is 1. The average molecular weight is 297 g/mol. The number of carbonyl (C=O) groups excluding carboxylic acids is 1. The number of halogens is 1. The standard InChI is InChI=1S/C16H24N2O.ClH/c1-11-5-3-6-12(2)15(11)16(19)18-10-13-7-4-8-14(17)9-13;/h3,5-6,13-14H,4,7-10,17H2,1-2H3,(H,18,19);1H. The fraction of sp³-hybridized carbons (Fsp3) is 0.562. The molecule has 4 heteroatoms. The maximum absolute atomic E-state index is 12.3. The third kappa shape index (κ3) is 4.22. The van der Waals surface area contributed by atoms with E-state index in [9.17, 15) is 4.79 Å². The minimum Gasteiger partial charge on any atom is -0.352 e. The fourth-order valence-electron chi connectivity index (χ4n) is 3.02. The monoisotopic (exact) mass is 296 g/mol. The van der Waals surface area contributed by atoms with Crippen molar-refractivity contribution in [2.45, 2.75) is 45.6 Å². The van der Waals surface area contributed by atoms with E-state index in [4.69, 9.17) is 5.73 Å². The van der Waals surface area contributed by atoms with E-state index in [0.29, 0.717) is 12.0 Å². The number of aryl methyl sites for hydroxylation is 2. The summed E-state index contributed by atoms with van der Waals surface area (Å²) >= 11 is 0. The van der Waals surface area contributed by atoms with Crippen molar-refractivity contribution in [1.82, 2.24) is 5.32 Å². The molecule has 112 valence electrons. The zero-order valence-corrected chi connectivity index (χ0v) is 13.1. The molecule has 1 aliphatic carbocycles. The largest absolute Gasteiger partial charge is 0.352 e. The molecule has 0 heterocycles. The number of hydrogen-bond acceptors (Lipinski definition) is 2. The van der Waals surface area contributed by atoms with Crippen LogP contribution in [-0.2, 0) is 0 Å². The van der Waals surface area contributed by atoms with E-state index in [1.165, 1.54) is 12.8 Å². The first kappa shape index (κ1) is 17.0. The summed E-state index contributed by atoms with van der Waals surface area (Å²) in [7, 11) is 0. The first-order valence-electron chi connectivity index (χ1n) is 7.18. The van der Waals surface area contributed by atoms with E-state index in [1.807, 2.05) is 32.0 Å². The predicted octanol–water partition coefficient (Wildman–Crippen LogP) is 2.97. The molecule has 1 aliphatic rings. The van der Waals surface area contributed by atoms with Crippen LogP contribution in [0.2, 0.25) is 0 Å². The van der Waals surface area contributed by atoms with Gasteiger partial charge in [0, 0.05) is 18.2 Å². The summed E-state index contributed by atoms with van der Waals surface area (Å²) in [6, 6.07) is 6.27. The Hall–Kier alpha value is -1.06. The van der Waals surface area contributed by atoms with Gasteiger partial charge in [-0.2, -0.15) is 0 Å². The van der Waals surface area contributed by atoms with Crippen LogP contribution in [-0.4, -0.2) is 18.5 Å². The molecule has 1 saturated carbocycles. The number of carbonyl (C=O) groups is 1. The molecule has 3 N–H and O–H groups in total. The summed E-state index contributed by atoms with van der Waals surface area (Å²) in [5.41, 5.74) is 8.88. The summed E-state index contributed by atoms with van der Waals surface area (Å²) in [6.45, 7) is 4.72. The normalized spacial score (nSPS) is 21.9. The van der Waals surface area contributed by atoms with E-state index in [0.717, 1.165) is 36.1 Å². The Morgan fingerprint density at radius 3 is 2.55 bits per heavy atom. The van der Waals surface area contributed by atoms with Gasteiger partial charge in [-0.1, -0.05) is 24.6 Å². The lowest BCUT2D eigenvalue weighted by Crippen LogP contribution is -2.36. The summed E-state index contributed by atoms with van der Waals surface area (Å²) in [6.07, 6.45) is 4.53. The summed E-state index contributed by atoms with van der Waals surface area (Å²) < 4.78 is 0. The molecule has 20 heavy (non-hydrogen) atoms. The van der Waals surface area contributed by atoms with E-state index in [1.54, 1.807) is 0 Å². The van der Waals surface area contributed by atoms with Crippen molar-refractivity contribution < 1.29 is 4.79 Å². The Morgan fingerprint density at radius 1 is 1.30 bits per heavy atom. The van der Waals surface area contributed by atoms with Gasteiger partial charge < -0.3 is 11.1 Å². The van der Waals surface area contributed by atoms with Crippen LogP contribution in [0.3, 0.4) is 0 Å². The molecule has 2 unspecified atom stereocenters. The first-order valence-corrected chi connectivity index (χ1v) is 7.18. The van der Waals surface area contributed by atoms with Gasteiger partial charge in [0.05, 0.1) is 0 Å². The van der Waals surface area contributed by atoms with Crippen molar-refractivity contribution in [3.63, 3.8) is 0 Å². The van der Waals surface area contributed by atoms with Crippen LogP contribution in [0, 0.1) is 19.8 Å². The highest BCUT2D eigenvalue weighted by Gasteiger charge is 2.20. The molecule has 0 spiro atoms. The third-order valence-electron chi connectivity index (χ3n) is 4.08. The Kier molecular flexibility index (Phi) is 6.50. The van der Waals surface area contributed by atoms with Gasteiger partial charge in [-0.3, -0.25) is 4.79 Å². The van der Waals surface area contributed by atoms with Crippen molar-refractivity contribution in [2.24, 2.45) is 11.7 Å². The topological polar surface area (TPSA) is 55.1 Å². The van der Waals surface area contributed by atoms with E-state index in [-0.39, 0.29) is 18.3 Å². The van der Waals surface area contributed by atoms with Crippen LogP contribution in [0.5, 0.6) is 0 Å². The molecular weight excluding hydrogens is 272 g/mol. The summed E-state index contributed by atoms with van der Waals surface area (Å²) in [5, 5.41) is 3.08. The lowest BCUT2D eigenvalue weighted by atomic mass is 9.86. The molecule has 3 nitrogen and oxygen atoms in total. The minimum absolute atomic E-state index is 0. The van der Waals surface area contributed by atoms with Gasteiger partial charge in [-0.15, -0.1) is 12.4 Å². The van der Waals surface area contributed by atoms with E-state index in [2.05, 4.69) is 5.32 Å². The minimum atomic E-state index is 0. The molecule has 0 radical (unpaired) electrons. The lowest BCUT2D eigenvalue weighted by Gasteiger charge is -2.26. The van der Waals surface area contributed by atoms with Gasteiger partial charge in [0.2, 0.25) is 0 Å². The Labute approximate surface area is 127 Å². The lowest BCUT2D eigenvalue weighted by molar-refractivity contribution is 0.0941. The highest BCUT2D eigenvalue weighted by atomic mass is 35.5. The van der Waals surface area contributed by atoms with Crippen LogP contribution in [0.4, 0.5) is 0 Å². The summed E-state index contributed by atoms with van der Waals surface area (Å²) in [5.74, 6) is 0.590. The van der Waals surface area contributed by atoms with Gasteiger partial charge in [0.15, 0.2) is 0 Å². The molecule has 1 aromatic rings. The summed E-state index contributed by atoms with van der Waals surface area (Å²) in [4.78, 5) is 12.3. The number of hydrogen-bond donors (Lipinski definition) is 2. The van der Waals surface area contributed by atoms with Crippen molar-refractivity contribution in [1.29, 1.82) is 0 Å². The Bertz CT molecular complexity index is 442. The van der Waals surface area contributed by atoms with Crippen molar-refractivity contribution in [2.75, 3.05) is 6.54 Å². The van der Waals surface area contributed by atoms with E-state index < -0.39 is 0 Å². The molecule has 2 atom stereocenters. The molecular formula is C16H25ClN2O. The van der Waals surface area contributed by atoms with Crippen LogP contribution in [0.25, 0.3) is 0 Å². The molecule has 1 fully saturated rings. The number of amides is 1. The molecule has 2 rings (SSSR count). The number of nitrogens with two attached hydrogens (primary N) is 1. The molecule has 0 aromatic heterocycles. The van der Waals surface area contributed by atoms with Crippen molar-refractivity contribution >= 4 is 18.3 Å². The van der Waals surface area contributed by atoms with Gasteiger partial charge in [-0.05, 0) is 50.2 Å². The second-order valence-corrected chi connectivity index (χ2v) is 5.77. The third-order valence-corrected chi connectivity index (χ3v) is 4.08. The predicted molar refractivity (Wildman–Crippen MR) is 85.4 cm³/mol. The molecule has 0 bridgehead atoms. The molecule has 0 saturated heterocycles. The van der Waals surface area contributed by atoms with Crippen molar-refractivity contribution in [3.8, 4) is 0 Å². The Morgan fingerprint density at radius 2 is 1.95 bits per heavy atom. The smallest absolute Gasteiger partial charge is 0.251 e. The Balaban J connectivity index is 0.00000200. The van der Waals surface area contributed by atoms with Crippen LogP contribution >= 0.6 is 12.4 Å². The highest BCUT2D eigenvalue weighted by Crippen LogP contribution is 2.22. The zero-order valence-electron chi connectivity index (χ0n) is 12.3. The number of rotatable bonds is 3. The van der Waals surface area contributed by atoms with Crippen LogP contribution < -0.4 is 11.1 Å².